The normalized spacial score (nSPS) is 10.9. The van der Waals surface area contributed by atoms with Gasteiger partial charge < -0.3 is 35.0 Å². The second-order valence-corrected chi connectivity index (χ2v) is 10.3. The molecule has 41 heavy (non-hydrogen) atoms. The second-order valence-electron chi connectivity index (χ2n) is 10.3. The van der Waals surface area contributed by atoms with Gasteiger partial charge in [0.15, 0.2) is 5.78 Å². The fraction of sp³-hybridized carbons (Fsp3) is 0.643. The van der Waals surface area contributed by atoms with E-state index in [2.05, 4.69) is 13.2 Å². The number of ether oxygens (including phenoxy) is 2. The maximum absolute atomic E-state index is 11.7. The minimum Gasteiger partial charge on any atom is -0.481 e. The predicted molar refractivity (Wildman–Crippen MR) is 148 cm³/mol. The number of aliphatic carboxylic acids is 3. The molecule has 0 aromatic heterocycles. The van der Waals surface area contributed by atoms with Crippen molar-refractivity contribution in [3.63, 3.8) is 0 Å². The van der Waals surface area contributed by atoms with Crippen LogP contribution in [-0.2, 0) is 38.2 Å². The van der Waals surface area contributed by atoms with E-state index < -0.39 is 52.2 Å². The Balaban J connectivity index is -0.000000530. The van der Waals surface area contributed by atoms with Crippen molar-refractivity contribution in [2.45, 2.75) is 91.8 Å². The number of hydrogen-bond acceptors (Lipinski definition) is 10. The van der Waals surface area contributed by atoms with Crippen LogP contribution in [0.3, 0.4) is 0 Å². The van der Waals surface area contributed by atoms with Gasteiger partial charge >= 0.3 is 29.8 Å². The van der Waals surface area contributed by atoms with Crippen molar-refractivity contribution in [1.82, 2.24) is 0 Å². The fourth-order valence-corrected chi connectivity index (χ4v) is 2.53. The topological polar surface area (TPSA) is 222 Å². The first kappa shape index (κ1) is 41.9. The van der Waals surface area contributed by atoms with E-state index in [9.17, 15) is 39.0 Å². The number of carboxylic acid groups (broad SMARTS) is 3. The molecule has 0 unspecified atom stereocenters. The van der Waals surface area contributed by atoms with E-state index in [1.54, 1.807) is 0 Å². The van der Waals surface area contributed by atoms with E-state index in [-0.39, 0.29) is 12.8 Å². The number of ketones is 1. The van der Waals surface area contributed by atoms with Gasteiger partial charge in [-0.05, 0) is 52.4 Å². The van der Waals surface area contributed by atoms with Gasteiger partial charge in [0.1, 0.15) is 5.41 Å². The molecule has 0 radical (unpaired) electrons. The van der Waals surface area contributed by atoms with E-state index in [4.69, 9.17) is 24.8 Å². The third kappa shape index (κ3) is 20.9. The smallest absolute Gasteiger partial charge is 0.330 e. The monoisotopic (exact) mass is 590 g/mol. The van der Waals surface area contributed by atoms with Gasteiger partial charge in [0, 0.05) is 30.4 Å². The number of aliphatic hydroxyl groups is 2. The van der Waals surface area contributed by atoms with Crippen LogP contribution in [0.5, 0.6) is 0 Å². The second kappa shape index (κ2) is 21.2. The van der Waals surface area contributed by atoms with Crippen molar-refractivity contribution in [3.8, 4) is 0 Å². The van der Waals surface area contributed by atoms with Crippen LogP contribution in [0, 0.1) is 10.8 Å². The minimum atomic E-state index is -2.88. The zero-order valence-corrected chi connectivity index (χ0v) is 24.6. The highest BCUT2D eigenvalue weighted by Crippen LogP contribution is 2.35. The van der Waals surface area contributed by atoms with E-state index in [1.807, 2.05) is 0 Å². The molecule has 0 aliphatic heterocycles. The third-order valence-electron chi connectivity index (χ3n) is 5.30. The van der Waals surface area contributed by atoms with Crippen molar-refractivity contribution >= 4 is 35.6 Å². The highest BCUT2D eigenvalue weighted by molar-refractivity contribution is 5.95. The third-order valence-corrected chi connectivity index (χ3v) is 5.30. The average Bonchev–Trinajstić information content (AvgIpc) is 2.86. The Morgan fingerprint density at radius 1 is 0.634 bits per heavy atom. The molecule has 236 valence electrons. The van der Waals surface area contributed by atoms with Crippen molar-refractivity contribution in [1.29, 1.82) is 0 Å². The zero-order valence-electron chi connectivity index (χ0n) is 24.6. The number of carboxylic acids is 3. The summed E-state index contributed by atoms with van der Waals surface area (Å²) in [5.41, 5.74) is -2.96. The number of unbranched alkanes of at least 4 members (excludes halogenated alkanes) is 4. The lowest BCUT2D eigenvalue weighted by Gasteiger charge is -2.37. The van der Waals surface area contributed by atoms with Gasteiger partial charge in [-0.25, -0.2) is 9.59 Å². The molecule has 0 saturated carbocycles. The predicted octanol–water partition coefficient (Wildman–Crippen LogP) is 3.11. The molecule has 0 rings (SSSR count). The summed E-state index contributed by atoms with van der Waals surface area (Å²) < 4.78 is 9.39. The summed E-state index contributed by atoms with van der Waals surface area (Å²) in [5, 5.41) is 44.7. The van der Waals surface area contributed by atoms with Gasteiger partial charge in [0.05, 0.1) is 13.2 Å². The Morgan fingerprint density at radius 3 is 1.22 bits per heavy atom. The summed E-state index contributed by atoms with van der Waals surface area (Å²) in [7, 11) is 0. The Morgan fingerprint density at radius 2 is 0.976 bits per heavy atom. The Bertz CT molecular complexity index is 838. The molecular weight excluding hydrogens is 544 g/mol. The molecule has 0 aliphatic carbocycles. The van der Waals surface area contributed by atoms with Crippen LogP contribution in [-0.4, -0.2) is 80.2 Å². The first-order chi connectivity index (χ1) is 18.7. The van der Waals surface area contributed by atoms with Gasteiger partial charge in [-0.2, -0.15) is 0 Å². The molecule has 0 saturated heterocycles. The summed E-state index contributed by atoms with van der Waals surface area (Å²) in [6.45, 7) is 13.8. The van der Waals surface area contributed by atoms with Gasteiger partial charge in [0.2, 0.25) is 5.79 Å². The highest BCUT2D eigenvalue weighted by Gasteiger charge is 2.56. The van der Waals surface area contributed by atoms with Crippen molar-refractivity contribution < 1.29 is 63.8 Å². The lowest BCUT2D eigenvalue weighted by molar-refractivity contribution is -0.235. The zero-order chi connectivity index (χ0) is 32.9. The number of carbonyl (C=O) groups excluding carboxylic acids is 3. The van der Waals surface area contributed by atoms with Gasteiger partial charge in [-0.1, -0.05) is 33.9 Å². The van der Waals surface area contributed by atoms with Crippen LogP contribution >= 0.6 is 0 Å². The van der Waals surface area contributed by atoms with Crippen LogP contribution in [0.2, 0.25) is 0 Å². The maximum Gasteiger partial charge on any atom is 0.330 e. The molecule has 5 N–H and O–H groups in total. The van der Waals surface area contributed by atoms with E-state index in [0.717, 1.165) is 38.8 Å². The first-order valence-corrected chi connectivity index (χ1v) is 12.9. The minimum absolute atomic E-state index is 0.176. The average molecular weight is 591 g/mol. The van der Waals surface area contributed by atoms with Gasteiger partial charge in [0.25, 0.3) is 0 Å². The number of Topliss-reactive ketones (excluding diaryl/α,β-unsaturated/α-hetero) is 1. The van der Waals surface area contributed by atoms with Crippen LogP contribution in [0.25, 0.3) is 0 Å². The molecule has 0 amide bonds. The molecule has 0 bridgehead atoms. The molecule has 0 fully saturated rings. The van der Waals surface area contributed by atoms with Crippen LogP contribution < -0.4 is 0 Å². The quantitative estimate of drug-likeness (QED) is 0.0711. The Kier molecular flexibility index (Phi) is 21.7. The number of rotatable bonds is 17. The van der Waals surface area contributed by atoms with Gasteiger partial charge in [-0.3, -0.25) is 19.2 Å². The fourth-order valence-electron chi connectivity index (χ4n) is 2.53. The van der Waals surface area contributed by atoms with Crippen molar-refractivity contribution in [2.24, 2.45) is 10.8 Å². The van der Waals surface area contributed by atoms with Crippen molar-refractivity contribution in [2.75, 3.05) is 13.2 Å². The molecule has 0 spiro atoms. The van der Waals surface area contributed by atoms with E-state index in [1.165, 1.54) is 20.8 Å². The summed E-state index contributed by atoms with van der Waals surface area (Å²) in [4.78, 5) is 63.7. The summed E-state index contributed by atoms with van der Waals surface area (Å²) >= 11 is 0. The molecular formula is C28H46O13. The van der Waals surface area contributed by atoms with E-state index >= 15 is 0 Å². The molecule has 13 nitrogen and oxygen atoms in total. The standard InChI is InChI=1S/C10H18O5.2C9H14O4/c1-8(2,3)6(11)10(14,15)9(4,5)7(12)13;2*1-2-9(12)13-7-5-3-4-6-8(10)11/h14-15H,1-5H3,(H,12,13);2*2H,1,3-7H2,(H,10,11). The number of esters is 2. The molecule has 0 aliphatic rings. The SMILES string of the molecule is C=CC(=O)OCCCCCC(=O)O.C=CC(=O)OCCCCCC(=O)O.CC(C)(C)C(=O)C(O)(O)C(C)(C)C(=O)O. The molecule has 0 heterocycles. The first-order valence-electron chi connectivity index (χ1n) is 12.9. The molecule has 0 atom stereocenters. The number of carbonyl (C=O) groups is 6. The van der Waals surface area contributed by atoms with Crippen LogP contribution in [0.15, 0.2) is 25.3 Å². The van der Waals surface area contributed by atoms with Crippen LogP contribution in [0.4, 0.5) is 0 Å². The summed E-state index contributed by atoms with van der Waals surface area (Å²) in [6, 6.07) is 0. The van der Waals surface area contributed by atoms with Crippen molar-refractivity contribution in [3.05, 3.63) is 25.3 Å². The summed E-state index contributed by atoms with van der Waals surface area (Å²) in [5.74, 6) is -7.67. The lowest BCUT2D eigenvalue weighted by Crippen LogP contribution is -2.58. The Labute approximate surface area is 240 Å². The largest absolute Gasteiger partial charge is 0.481 e. The van der Waals surface area contributed by atoms with E-state index in [0.29, 0.717) is 38.9 Å². The molecule has 13 heteroatoms. The Hall–Kier alpha value is -3.58. The van der Waals surface area contributed by atoms with Crippen LogP contribution in [0.1, 0.15) is 86.0 Å². The highest BCUT2D eigenvalue weighted by atomic mass is 16.5. The molecule has 0 aromatic carbocycles. The maximum atomic E-state index is 11.7. The molecule has 0 aromatic rings. The van der Waals surface area contributed by atoms with Gasteiger partial charge in [-0.15, -0.1) is 0 Å². The lowest BCUT2D eigenvalue weighted by atomic mass is 9.73. The number of hydrogen-bond donors (Lipinski definition) is 5. The summed E-state index contributed by atoms with van der Waals surface area (Å²) in [6.07, 6.45) is 6.74.